The van der Waals surface area contributed by atoms with Crippen molar-refractivity contribution in [2.75, 3.05) is 0 Å². The Kier molecular flexibility index (Phi) is 1.68. The molecule has 0 spiro atoms. The monoisotopic (exact) mass is 163 g/mol. The maximum Gasteiger partial charge on any atom is 0.123 e. The second-order valence-electron chi connectivity index (χ2n) is 3.19. The van der Waals surface area contributed by atoms with Crippen molar-refractivity contribution in [3.63, 3.8) is 0 Å². The topological polar surface area (TPSA) is 23.9 Å². The summed E-state index contributed by atoms with van der Waals surface area (Å²) in [6.45, 7) is 0. The van der Waals surface area contributed by atoms with Gasteiger partial charge >= 0.3 is 0 Å². The van der Waals surface area contributed by atoms with Crippen LogP contribution in [0.15, 0.2) is 24.3 Å². The molecule has 12 heavy (non-hydrogen) atoms. The van der Waals surface area contributed by atoms with E-state index in [9.17, 15) is 4.39 Å². The summed E-state index contributed by atoms with van der Waals surface area (Å²) in [6, 6.07) is 6.17. The fourth-order valence-electron chi connectivity index (χ4n) is 1.24. The SMILES string of the molecule is N=C(c1ccc(F)cc1)C1CC1. The van der Waals surface area contributed by atoms with Gasteiger partial charge in [0.05, 0.1) is 0 Å². The molecule has 0 radical (unpaired) electrons. The Labute approximate surface area is 70.7 Å². The Morgan fingerprint density at radius 3 is 2.33 bits per heavy atom. The molecule has 62 valence electrons. The van der Waals surface area contributed by atoms with Crippen molar-refractivity contribution in [1.29, 1.82) is 5.41 Å². The summed E-state index contributed by atoms with van der Waals surface area (Å²) in [5.41, 5.74) is 1.52. The van der Waals surface area contributed by atoms with E-state index in [2.05, 4.69) is 0 Å². The van der Waals surface area contributed by atoms with Crippen LogP contribution < -0.4 is 0 Å². The fraction of sp³-hybridized carbons (Fsp3) is 0.300. The van der Waals surface area contributed by atoms with E-state index >= 15 is 0 Å². The van der Waals surface area contributed by atoms with Gasteiger partial charge < -0.3 is 5.41 Å². The molecule has 1 nitrogen and oxygen atoms in total. The first-order valence-electron chi connectivity index (χ1n) is 4.12. The summed E-state index contributed by atoms with van der Waals surface area (Å²) in [5.74, 6) is 0.206. The molecule has 0 amide bonds. The third kappa shape index (κ3) is 1.37. The summed E-state index contributed by atoms with van der Waals surface area (Å²) in [7, 11) is 0. The van der Waals surface area contributed by atoms with E-state index in [1.807, 2.05) is 0 Å². The molecule has 1 aliphatic carbocycles. The van der Waals surface area contributed by atoms with Crippen LogP contribution in [0.3, 0.4) is 0 Å². The lowest BCUT2D eigenvalue weighted by Gasteiger charge is -2.00. The Balaban J connectivity index is 2.22. The molecule has 1 saturated carbocycles. The first-order valence-corrected chi connectivity index (χ1v) is 4.12. The average Bonchev–Trinajstić information content (AvgIpc) is 2.87. The van der Waals surface area contributed by atoms with Crippen molar-refractivity contribution in [3.8, 4) is 0 Å². The van der Waals surface area contributed by atoms with Crippen LogP contribution in [-0.4, -0.2) is 5.71 Å². The fourth-order valence-corrected chi connectivity index (χ4v) is 1.24. The summed E-state index contributed by atoms with van der Waals surface area (Å²) >= 11 is 0. The standard InChI is InChI=1S/C10H10FN/c11-9-5-3-8(4-6-9)10(12)7-1-2-7/h3-7,12H,1-2H2. The van der Waals surface area contributed by atoms with Gasteiger partial charge in [-0.2, -0.15) is 0 Å². The van der Waals surface area contributed by atoms with Gasteiger partial charge in [0.15, 0.2) is 0 Å². The van der Waals surface area contributed by atoms with Gasteiger partial charge in [-0.05, 0) is 30.5 Å². The highest BCUT2D eigenvalue weighted by molar-refractivity contribution is 6.01. The van der Waals surface area contributed by atoms with Crippen LogP contribution >= 0.6 is 0 Å². The van der Waals surface area contributed by atoms with E-state index in [4.69, 9.17) is 5.41 Å². The molecule has 0 heterocycles. The summed E-state index contributed by atoms with van der Waals surface area (Å²) < 4.78 is 12.5. The van der Waals surface area contributed by atoms with Gasteiger partial charge in [0.25, 0.3) is 0 Å². The van der Waals surface area contributed by atoms with Crippen molar-refractivity contribution in [2.45, 2.75) is 12.8 Å². The Hall–Kier alpha value is -1.18. The first-order chi connectivity index (χ1) is 5.77. The van der Waals surface area contributed by atoms with Crippen molar-refractivity contribution in [2.24, 2.45) is 5.92 Å². The van der Waals surface area contributed by atoms with Crippen LogP contribution in [0.4, 0.5) is 4.39 Å². The van der Waals surface area contributed by atoms with Crippen molar-refractivity contribution >= 4 is 5.71 Å². The number of nitrogens with one attached hydrogen (secondary N) is 1. The average molecular weight is 163 g/mol. The third-order valence-electron chi connectivity index (χ3n) is 2.14. The summed E-state index contributed by atoms with van der Waals surface area (Å²) in [5, 5.41) is 7.69. The molecule has 2 rings (SSSR count). The molecule has 1 aromatic rings. The minimum absolute atomic E-state index is 0.234. The van der Waals surface area contributed by atoms with E-state index < -0.39 is 0 Å². The Morgan fingerprint density at radius 2 is 1.83 bits per heavy atom. The molecule has 0 aliphatic heterocycles. The van der Waals surface area contributed by atoms with Crippen LogP contribution in [0, 0.1) is 17.1 Å². The predicted octanol–water partition coefficient (Wildman–Crippen LogP) is 2.60. The molecule has 2 heteroatoms. The Bertz CT molecular complexity index is 298. The molecule has 0 atom stereocenters. The zero-order chi connectivity index (χ0) is 8.55. The Morgan fingerprint density at radius 1 is 1.25 bits per heavy atom. The number of rotatable bonds is 2. The zero-order valence-corrected chi connectivity index (χ0v) is 6.68. The third-order valence-corrected chi connectivity index (χ3v) is 2.14. The van der Waals surface area contributed by atoms with Crippen molar-refractivity contribution in [3.05, 3.63) is 35.6 Å². The summed E-state index contributed by atoms with van der Waals surface area (Å²) in [4.78, 5) is 0. The highest BCUT2D eigenvalue weighted by Crippen LogP contribution is 2.32. The van der Waals surface area contributed by atoms with Crippen LogP contribution in [0.1, 0.15) is 18.4 Å². The van der Waals surface area contributed by atoms with Gasteiger partial charge in [-0.1, -0.05) is 12.1 Å². The van der Waals surface area contributed by atoms with Crippen LogP contribution in [-0.2, 0) is 0 Å². The lowest BCUT2D eigenvalue weighted by atomic mass is 10.1. The molecule has 1 aliphatic rings. The zero-order valence-electron chi connectivity index (χ0n) is 6.68. The molecule has 0 bridgehead atoms. The second kappa shape index (κ2) is 2.70. The molecule has 1 aromatic carbocycles. The van der Waals surface area contributed by atoms with Gasteiger partial charge in [-0.25, -0.2) is 4.39 Å². The lowest BCUT2D eigenvalue weighted by Crippen LogP contribution is -2.00. The highest BCUT2D eigenvalue weighted by Gasteiger charge is 2.26. The molecular formula is C10H10FN. The van der Waals surface area contributed by atoms with E-state index in [0.717, 1.165) is 18.4 Å². The van der Waals surface area contributed by atoms with Gasteiger partial charge in [0.2, 0.25) is 0 Å². The van der Waals surface area contributed by atoms with E-state index in [1.165, 1.54) is 12.1 Å². The second-order valence-corrected chi connectivity index (χ2v) is 3.19. The number of hydrogen-bond donors (Lipinski definition) is 1. The van der Waals surface area contributed by atoms with E-state index in [1.54, 1.807) is 12.1 Å². The van der Waals surface area contributed by atoms with Gasteiger partial charge in [0, 0.05) is 11.6 Å². The molecule has 0 aromatic heterocycles. The van der Waals surface area contributed by atoms with Crippen LogP contribution in [0.5, 0.6) is 0 Å². The molecule has 1 N–H and O–H groups in total. The maximum atomic E-state index is 12.5. The minimum atomic E-state index is -0.234. The van der Waals surface area contributed by atoms with Crippen molar-refractivity contribution < 1.29 is 4.39 Å². The summed E-state index contributed by atoms with van der Waals surface area (Å²) in [6.07, 6.45) is 2.24. The molecule has 0 saturated heterocycles. The first kappa shape index (κ1) is 7.47. The van der Waals surface area contributed by atoms with E-state index in [-0.39, 0.29) is 5.82 Å². The maximum absolute atomic E-state index is 12.5. The number of benzene rings is 1. The smallest absolute Gasteiger partial charge is 0.123 e. The number of hydrogen-bond acceptors (Lipinski definition) is 1. The van der Waals surface area contributed by atoms with E-state index in [0.29, 0.717) is 11.6 Å². The number of halogens is 1. The lowest BCUT2D eigenvalue weighted by molar-refractivity contribution is 0.627. The predicted molar refractivity (Wildman–Crippen MR) is 46.0 cm³/mol. The quantitative estimate of drug-likeness (QED) is 0.648. The van der Waals surface area contributed by atoms with Gasteiger partial charge in [0.1, 0.15) is 5.82 Å². The van der Waals surface area contributed by atoms with Crippen LogP contribution in [0.2, 0.25) is 0 Å². The van der Waals surface area contributed by atoms with Crippen LogP contribution in [0.25, 0.3) is 0 Å². The molecule has 0 unspecified atom stereocenters. The van der Waals surface area contributed by atoms with Crippen molar-refractivity contribution in [1.82, 2.24) is 0 Å². The molecular weight excluding hydrogens is 153 g/mol. The van der Waals surface area contributed by atoms with Gasteiger partial charge in [-0.15, -0.1) is 0 Å². The van der Waals surface area contributed by atoms with Gasteiger partial charge in [-0.3, -0.25) is 0 Å². The molecule has 1 fully saturated rings. The normalized spacial score (nSPS) is 16.1. The largest absolute Gasteiger partial charge is 0.304 e. The minimum Gasteiger partial charge on any atom is -0.304 e. The highest BCUT2D eigenvalue weighted by atomic mass is 19.1.